The molecule has 0 spiro atoms. The lowest BCUT2D eigenvalue weighted by molar-refractivity contribution is -0.140. The van der Waals surface area contributed by atoms with E-state index in [1.165, 1.54) is 9.80 Å². The summed E-state index contributed by atoms with van der Waals surface area (Å²) in [6.45, 7) is 3.65. The van der Waals surface area contributed by atoms with Gasteiger partial charge in [0, 0.05) is 27.2 Å². The molecule has 0 aliphatic heterocycles. The first-order valence-corrected chi connectivity index (χ1v) is 4.98. The molecular formula is C10H21N3O2. The largest absolute Gasteiger partial charge is 0.347 e. The van der Waals surface area contributed by atoms with Crippen molar-refractivity contribution in [3.8, 4) is 0 Å². The van der Waals surface area contributed by atoms with Crippen LogP contribution in [0.4, 0.5) is 0 Å². The van der Waals surface area contributed by atoms with E-state index in [9.17, 15) is 9.59 Å². The molecule has 0 fully saturated rings. The molecule has 5 heteroatoms. The molecule has 2 N–H and O–H groups in total. The second-order valence-electron chi connectivity index (χ2n) is 4.13. The summed E-state index contributed by atoms with van der Waals surface area (Å²) in [7, 11) is 4.94. The van der Waals surface area contributed by atoms with Crippen LogP contribution in [-0.4, -0.2) is 55.3 Å². The van der Waals surface area contributed by atoms with Gasteiger partial charge in [0.15, 0.2) is 0 Å². The van der Waals surface area contributed by atoms with Crippen LogP contribution in [0.25, 0.3) is 0 Å². The summed E-state index contributed by atoms with van der Waals surface area (Å²) in [6.07, 6.45) is 0. The summed E-state index contributed by atoms with van der Waals surface area (Å²) in [5.41, 5.74) is 5.62. The second-order valence-corrected chi connectivity index (χ2v) is 4.13. The van der Waals surface area contributed by atoms with Gasteiger partial charge in [-0.2, -0.15) is 0 Å². The van der Waals surface area contributed by atoms with E-state index in [4.69, 9.17) is 5.73 Å². The topological polar surface area (TPSA) is 66.6 Å². The Labute approximate surface area is 91.2 Å². The van der Waals surface area contributed by atoms with Gasteiger partial charge in [0.05, 0.1) is 12.5 Å². The molecule has 0 aromatic rings. The Morgan fingerprint density at radius 3 is 2.00 bits per heavy atom. The zero-order valence-electron chi connectivity index (χ0n) is 10.2. The van der Waals surface area contributed by atoms with Crippen molar-refractivity contribution in [3.05, 3.63) is 0 Å². The van der Waals surface area contributed by atoms with Gasteiger partial charge in [0.1, 0.15) is 0 Å². The number of hydrogen-bond donors (Lipinski definition) is 1. The summed E-state index contributed by atoms with van der Waals surface area (Å²) in [5.74, 6) is -0.451. The van der Waals surface area contributed by atoms with E-state index in [0.29, 0.717) is 0 Å². The lowest BCUT2D eigenvalue weighted by atomic mass is 10.0. The number of carbonyl (C=O) groups excluding carboxylic acids is 2. The fourth-order valence-electron chi connectivity index (χ4n) is 0.995. The van der Waals surface area contributed by atoms with Gasteiger partial charge in [0.25, 0.3) is 0 Å². The first kappa shape index (κ1) is 13.9. The summed E-state index contributed by atoms with van der Waals surface area (Å²) in [5, 5.41) is 0. The minimum atomic E-state index is -0.259. The lowest BCUT2D eigenvalue weighted by Crippen LogP contribution is -2.43. The Bertz CT molecular complexity index is 239. The zero-order valence-corrected chi connectivity index (χ0v) is 10.2. The smallest absolute Gasteiger partial charge is 0.241 e. The van der Waals surface area contributed by atoms with Crippen molar-refractivity contribution < 1.29 is 9.59 Å². The standard InChI is InChI=1S/C10H21N3O2/c1-7(8(2)11)10(15)13(5)6-9(14)12(3)4/h7-8H,6,11H2,1-5H3. The van der Waals surface area contributed by atoms with Crippen molar-refractivity contribution in [2.75, 3.05) is 27.7 Å². The molecule has 0 aromatic carbocycles. The molecule has 0 saturated heterocycles. The number of nitrogens with two attached hydrogens (primary N) is 1. The third-order valence-electron chi connectivity index (χ3n) is 2.43. The van der Waals surface area contributed by atoms with Crippen molar-refractivity contribution in [2.45, 2.75) is 19.9 Å². The Hall–Kier alpha value is -1.10. The molecule has 0 aliphatic rings. The minimum Gasteiger partial charge on any atom is -0.347 e. The van der Waals surface area contributed by atoms with Gasteiger partial charge in [-0.1, -0.05) is 6.92 Å². The number of hydrogen-bond acceptors (Lipinski definition) is 3. The maximum atomic E-state index is 11.7. The summed E-state index contributed by atoms with van der Waals surface area (Å²) in [6, 6.07) is -0.200. The molecule has 0 rings (SSSR count). The van der Waals surface area contributed by atoms with Gasteiger partial charge in [0.2, 0.25) is 11.8 Å². The highest BCUT2D eigenvalue weighted by molar-refractivity contribution is 5.85. The van der Waals surface area contributed by atoms with Crippen LogP contribution >= 0.6 is 0 Å². The normalized spacial score (nSPS) is 14.3. The van der Waals surface area contributed by atoms with Gasteiger partial charge in [-0.05, 0) is 6.92 Å². The van der Waals surface area contributed by atoms with E-state index >= 15 is 0 Å². The van der Waals surface area contributed by atoms with E-state index in [-0.39, 0.29) is 30.3 Å². The molecule has 0 aliphatic carbocycles. The van der Waals surface area contributed by atoms with Crippen molar-refractivity contribution in [3.63, 3.8) is 0 Å². The number of amides is 2. The maximum Gasteiger partial charge on any atom is 0.241 e. The zero-order chi connectivity index (χ0) is 12.2. The fraction of sp³-hybridized carbons (Fsp3) is 0.800. The molecule has 0 bridgehead atoms. The van der Waals surface area contributed by atoms with Gasteiger partial charge < -0.3 is 15.5 Å². The quantitative estimate of drug-likeness (QED) is 0.688. The number of carbonyl (C=O) groups is 2. The molecule has 0 heterocycles. The molecule has 5 nitrogen and oxygen atoms in total. The highest BCUT2D eigenvalue weighted by Crippen LogP contribution is 2.04. The second kappa shape index (κ2) is 5.70. The number of nitrogens with zero attached hydrogens (tertiary/aromatic N) is 2. The van der Waals surface area contributed by atoms with E-state index < -0.39 is 0 Å². The van der Waals surface area contributed by atoms with Crippen LogP contribution < -0.4 is 5.73 Å². The van der Waals surface area contributed by atoms with Crippen molar-refractivity contribution in [1.29, 1.82) is 0 Å². The Morgan fingerprint density at radius 2 is 1.67 bits per heavy atom. The van der Waals surface area contributed by atoms with Crippen molar-refractivity contribution >= 4 is 11.8 Å². The Morgan fingerprint density at radius 1 is 1.20 bits per heavy atom. The average Bonchev–Trinajstić information content (AvgIpc) is 2.14. The molecule has 88 valence electrons. The van der Waals surface area contributed by atoms with E-state index in [1.807, 2.05) is 0 Å². The first-order valence-electron chi connectivity index (χ1n) is 4.98. The highest BCUT2D eigenvalue weighted by atomic mass is 16.2. The SMILES string of the molecule is CC(N)C(C)C(=O)N(C)CC(=O)N(C)C. The third kappa shape index (κ3) is 4.29. The van der Waals surface area contributed by atoms with Crippen LogP contribution in [-0.2, 0) is 9.59 Å². The van der Waals surface area contributed by atoms with E-state index in [2.05, 4.69) is 0 Å². The van der Waals surface area contributed by atoms with Crippen LogP contribution in [0.15, 0.2) is 0 Å². The fourth-order valence-corrected chi connectivity index (χ4v) is 0.995. The van der Waals surface area contributed by atoms with Crippen LogP contribution in [0.5, 0.6) is 0 Å². The Kier molecular flexibility index (Phi) is 5.28. The molecule has 0 saturated carbocycles. The summed E-state index contributed by atoms with van der Waals surface area (Å²) < 4.78 is 0. The van der Waals surface area contributed by atoms with Gasteiger partial charge in [-0.3, -0.25) is 9.59 Å². The van der Waals surface area contributed by atoms with Crippen molar-refractivity contribution in [1.82, 2.24) is 9.80 Å². The highest BCUT2D eigenvalue weighted by Gasteiger charge is 2.22. The molecule has 0 aromatic heterocycles. The Balaban J connectivity index is 4.28. The molecule has 2 unspecified atom stereocenters. The van der Waals surface area contributed by atoms with Crippen LogP contribution in [0, 0.1) is 5.92 Å². The van der Waals surface area contributed by atoms with E-state index in [0.717, 1.165) is 0 Å². The monoisotopic (exact) mass is 215 g/mol. The maximum absolute atomic E-state index is 11.7. The predicted molar refractivity (Wildman–Crippen MR) is 59.1 cm³/mol. The first-order chi connectivity index (χ1) is 6.77. The predicted octanol–water partition coefficient (Wildman–Crippen LogP) is -0.484. The van der Waals surface area contributed by atoms with Crippen molar-refractivity contribution in [2.24, 2.45) is 11.7 Å². The molecule has 15 heavy (non-hydrogen) atoms. The number of likely N-dealkylation sites (N-methyl/N-ethyl adjacent to an activating group) is 2. The van der Waals surface area contributed by atoms with Gasteiger partial charge in [-0.25, -0.2) is 0 Å². The van der Waals surface area contributed by atoms with Crippen LogP contribution in [0.2, 0.25) is 0 Å². The van der Waals surface area contributed by atoms with Crippen LogP contribution in [0.1, 0.15) is 13.8 Å². The average molecular weight is 215 g/mol. The van der Waals surface area contributed by atoms with E-state index in [1.54, 1.807) is 35.0 Å². The van der Waals surface area contributed by atoms with Gasteiger partial charge in [-0.15, -0.1) is 0 Å². The lowest BCUT2D eigenvalue weighted by Gasteiger charge is -2.24. The van der Waals surface area contributed by atoms with Gasteiger partial charge >= 0.3 is 0 Å². The summed E-state index contributed by atoms with van der Waals surface area (Å²) >= 11 is 0. The third-order valence-corrected chi connectivity index (χ3v) is 2.43. The molecule has 0 radical (unpaired) electrons. The minimum absolute atomic E-state index is 0.0947. The summed E-state index contributed by atoms with van der Waals surface area (Å²) in [4.78, 5) is 25.9. The van der Waals surface area contributed by atoms with Crippen LogP contribution in [0.3, 0.4) is 0 Å². The molecule has 2 atom stereocenters. The number of rotatable bonds is 4. The molecule has 2 amide bonds. The molecular weight excluding hydrogens is 194 g/mol.